The van der Waals surface area contributed by atoms with Gasteiger partial charge in [0.25, 0.3) is 0 Å². The SMILES string of the molecule is COc1ccc(N(N)c2cccc(OC)c2)cc1. The first-order chi connectivity index (χ1) is 8.74. The summed E-state index contributed by atoms with van der Waals surface area (Å²) in [6.07, 6.45) is 0. The van der Waals surface area contributed by atoms with Gasteiger partial charge >= 0.3 is 0 Å². The molecule has 4 nitrogen and oxygen atoms in total. The van der Waals surface area contributed by atoms with Gasteiger partial charge < -0.3 is 9.47 Å². The van der Waals surface area contributed by atoms with E-state index >= 15 is 0 Å². The fourth-order valence-corrected chi connectivity index (χ4v) is 1.65. The molecule has 94 valence electrons. The Kier molecular flexibility index (Phi) is 3.69. The van der Waals surface area contributed by atoms with Crippen molar-refractivity contribution in [1.29, 1.82) is 0 Å². The van der Waals surface area contributed by atoms with E-state index in [1.54, 1.807) is 19.2 Å². The van der Waals surface area contributed by atoms with Gasteiger partial charge in [0.2, 0.25) is 0 Å². The minimum atomic E-state index is 0.775. The van der Waals surface area contributed by atoms with E-state index in [1.165, 1.54) is 0 Å². The average Bonchev–Trinajstić information content (AvgIpc) is 2.46. The van der Waals surface area contributed by atoms with Crippen LogP contribution in [-0.2, 0) is 0 Å². The Labute approximate surface area is 107 Å². The van der Waals surface area contributed by atoms with Crippen molar-refractivity contribution >= 4 is 11.4 Å². The highest BCUT2D eigenvalue weighted by Gasteiger charge is 2.05. The molecular weight excluding hydrogens is 228 g/mol. The Hall–Kier alpha value is -2.20. The summed E-state index contributed by atoms with van der Waals surface area (Å²) in [5.74, 6) is 7.65. The number of anilines is 2. The third-order valence-corrected chi connectivity index (χ3v) is 2.68. The molecule has 0 atom stereocenters. The second kappa shape index (κ2) is 5.42. The summed E-state index contributed by atoms with van der Waals surface area (Å²) < 4.78 is 10.3. The van der Waals surface area contributed by atoms with Crippen LogP contribution in [0.25, 0.3) is 0 Å². The second-order valence-electron chi connectivity index (χ2n) is 3.77. The van der Waals surface area contributed by atoms with E-state index in [1.807, 2.05) is 48.5 Å². The van der Waals surface area contributed by atoms with Gasteiger partial charge in [0.1, 0.15) is 11.5 Å². The molecule has 0 aliphatic rings. The molecule has 18 heavy (non-hydrogen) atoms. The van der Waals surface area contributed by atoms with Gasteiger partial charge in [0.15, 0.2) is 0 Å². The molecule has 0 amide bonds. The third kappa shape index (κ3) is 2.55. The summed E-state index contributed by atoms with van der Waals surface area (Å²) >= 11 is 0. The smallest absolute Gasteiger partial charge is 0.120 e. The molecule has 2 aromatic carbocycles. The minimum Gasteiger partial charge on any atom is -0.497 e. The Balaban J connectivity index is 2.25. The van der Waals surface area contributed by atoms with Crippen LogP contribution in [0.15, 0.2) is 48.5 Å². The maximum atomic E-state index is 6.07. The predicted octanol–water partition coefficient (Wildman–Crippen LogP) is 2.72. The van der Waals surface area contributed by atoms with E-state index in [0.717, 1.165) is 22.9 Å². The summed E-state index contributed by atoms with van der Waals surface area (Å²) in [5.41, 5.74) is 1.74. The molecule has 0 heterocycles. The largest absolute Gasteiger partial charge is 0.497 e. The van der Waals surface area contributed by atoms with Gasteiger partial charge in [-0.25, -0.2) is 5.84 Å². The van der Waals surface area contributed by atoms with Crippen LogP contribution in [0.5, 0.6) is 11.5 Å². The van der Waals surface area contributed by atoms with Crippen molar-refractivity contribution in [2.24, 2.45) is 5.84 Å². The zero-order chi connectivity index (χ0) is 13.0. The summed E-state index contributed by atoms with van der Waals surface area (Å²) in [4.78, 5) is 0. The van der Waals surface area contributed by atoms with Crippen molar-refractivity contribution < 1.29 is 9.47 Å². The van der Waals surface area contributed by atoms with Gasteiger partial charge in [-0.2, -0.15) is 0 Å². The predicted molar refractivity (Wildman–Crippen MR) is 72.3 cm³/mol. The van der Waals surface area contributed by atoms with E-state index in [2.05, 4.69) is 0 Å². The van der Waals surface area contributed by atoms with Gasteiger partial charge in [-0.3, -0.25) is 5.01 Å². The van der Waals surface area contributed by atoms with E-state index in [-0.39, 0.29) is 0 Å². The van der Waals surface area contributed by atoms with Crippen molar-refractivity contribution in [2.45, 2.75) is 0 Å². The van der Waals surface area contributed by atoms with Crippen LogP contribution < -0.4 is 20.3 Å². The van der Waals surface area contributed by atoms with Crippen LogP contribution in [0.2, 0.25) is 0 Å². The molecule has 0 radical (unpaired) electrons. The number of hydrogen-bond donors (Lipinski definition) is 1. The Morgan fingerprint density at radius 2 is 1.50 bits per heavy atom. The molecule has 0 aliphatic heterocycles. The van der Waals surface area contributed by atoms with Crippen LogP contribution >= 0.6 is 0 Å². The lowest BCUT2D eigenvalue weighted by Gasteiger charge is -2.19. The monoisotopic (exact) mass is 244 g/mol. The normalized spacial score (nSPS) is 9.94. The maximum absolute atomic E-state index is 6.07. The number of methoxy groups -OCH3 is 2. The topological polar surface area (TPSA) is 47.7 Å². The van der Waals surface area contributed by atoms with Crippen LogP contribution in [0.1, 0.15) is 0 Å². The lowest BCUT2D eigenvalue weighted by atomic mass is 10.2. The molecule has 0 unspecified atom stereocenters. The summed E-state index contributed by atoms with van der Waals surface area (Å²) in [7, 11) is 3.27. The van der Waals surface area contributed by atoms with Crippen LogP contribution in [0, 0.1) is 0 Å². The third-order valence-electron chi connectivity index (χ3n) is 2.68. The van der Waals surface area contributed by atoms with Crippen LogP contribution in [-0.4, -0.2) is 14.2 Å². The lowest BCUT2D eigenvalue weighted by molar-refractivity contribution is 0.414. The van der Waals surface area contributed by atoms with Gasteiger partial charge in [-0.1, -0.05) is 6.07 Å². The number of nitrogens with two attached hydrogens (primary N) is 1. The first-order valence-corrected chi connectivity index (χ1v) is 5.57. The van der Waals surface area contributed by atoms with E-state index in [0.29, 0.717) is 0 Å². The zero-order valence-corrected chi connectivity index (χ0v) is 10.5. The number of benzene rings is 2. The van der Waals surface area contributed by atoms with E-state index in [4.69, 9.17) is 15.3 Å². The van der Waals surface area contributed by atoms with Crippen molar-refractivity contribution in [3.63, 3.8) is 0 Å². The quantitative estimate of drug-likeness (QED) is 0.663. The molecule has 0 saturated carbocycles. The van der Waals surface area contributed by atoms with Gasteiger partial charge in [0, 0.05) is 6.07 Å². The number of rotatable bonds is 4. The zero-order valence-electron chi connectivity index (χ0n) is 10.5. The summed E-state index contributed by atoms with van der Waals surface area (Å²) in [6.45, 7) is 0. The first kappa shape index (κ1) is 12.3. The minimum absolute atomic E-state index is 0.775. The molecule has 2 rings (SSSR count). The molecule has 0 spiro atoms. The molecule has 0 fully saturated rings. The molecular formula is C14H16N2O2. The second-order valence-corrected chi connectivity index (χ2v) is 3.77. The summed E-state index contributed by atoms with van der Waals surface area (Å²) in [5, 5.41) is 1.60. The molecule has 2 N–H and O–H groups in total. The fraction of sp³-hybridized carbons (Fsp3) is 0.143. The lowest BCUT2D eigenvalue weighted by Crippen LogP contribution is -2.24. The Morgan fingerprint density at radius 1 is 0.833 bits per heavy atom. The van der Waals surface area contributed by atoms with Crippen molar-refractivity contribution in [3.05, 3.63) is 48.5 Å². The highest BCUT2D eigenvalue weighted by Crippen LogP contribution is 2.26. The standard InChI is InChI=1S/C14H16N2O2/c1-17-13-8-6-11(7-9-13)16(15)12-4-3-5-14(10-12)18-2/h3-10H,15H2,1-2H3. The maximum Gasteiger partial charge on any atom is 0.120 e. The fourth-order valence-electron chi connectivity index (χ4n) is 1.65. The van der Waals surface area contributed by atoms with Crippen molar-refractivity contribution in [3.8, 4) is 11.5 Å². The van der Waals surface area contributed by atoms with Crippen LogP contribution in [0.3, 0.4) is 0 Å². The van der Waals surface area contributed by atoms with Crippen LogP contribution in [0.4, 0.5) is 11.4 Å². The number of ether oxygens (including phenoxy) is 2. The highest BCUT2D eigenvalue weighted by atomic mass is 16.5. The molecule has 0 bridgehead atoms. The average molecular weight is 244 g/mol. The van der Waals surface area contributed by atoms with E-state index < -0.39 is 0 Å². The van der Waals surface area contributed by atoms with Crippen molar-refractivity contribution in [2.75, 3.05) is 19.2 Å². The molecule has 2 aromatic rings. The van der Waals surface area contributed by atoms with E-state index in [9.17, 15) is 0 Å². The molecule has 0 aromatic heterocycles. The summed E-state index contributed by atoms with van der Waals surface area (Å²) in [6, 6.07) is 15.1. The molecule has 0 aliphatic carbocycles. The van der Waals surface area contributed by atoms with Gasteiger partial charge in [-0.05, 0) is 36.4 Å². The molecule has 0 saturated heterocycles. The van der Waals surface area contributed by atoms with Gasteiger partial charge in [-0.15, -0.1) is 0 Å². The van der Waals surface area contributed by atoms with Crippen molar-refractivity contribution in [1.82, 2.24) is 0 Å². The highest BCUT2D eigenvalue weighted by molar-refractivity contribution is 5.63. The Bertz CT molecular complexity index is 511. The van der Waals surface area contributed by atoms with Gasteiger partial charge in [0.05, 0.1) is 25.6 Å². The number of hydrogen-bond acceptors (Lipinski definition) is 4. The molecule has 4 heteroatoms. The first-order valence-electron chi connectivity index (χ1n) is 5.57. The number of hydrazine groups is 1. The number of nitrogens with zero attached hydrogens (tertiary/aromatic N) is 1. The Morgan fingerprint density at radius 3 is 2.11 bits per heavy atom.